The number of urea groups is 1. The Morgan fingerprint density at radius 1 is 1.16 bits per heavy atom. The highest BCUT2D eigenvalue weighted by Crippen LogP contribution is 2.28. The van der Waals surface area contributed by atoms with Gasteiger partial charge in [0, 0.05) is 17.9 Å². The number of nitrogens with two attached hydrogens (primary N) is 1. The minimum atomic E-state index is -0.859. The largest absolute Gasteiger partial charge is 0.461 e. The highest BCUT2D eigenvalue weighted by atomic mass is 32.2. The molecule has 8 nitrogen and oxygen atoms in total. The Morgan fingerprint density at radius 2 is 1.96 bits per heavy atom. The van der Waals surface area contributed by atoms with E-state index in [-0.39, 0.29) is 6.42 Å². The monoisotopic (exact) mass is 357 g/mol. The van der Waals surface area contributed by atoms with Crippen molar-refractivity contribution >= 4 is 23.7 Å². The van der Waals surface area contributed by atoms with Gasteiger partial charge in [-0.15, -0.1) is 10.2 Å². The van der Waals surface area contributed by atoms with Gasteiger partial charge in [0.15, 0.2) is 10.9 Å². The van der Waals surface area contributed by atoms with Crippen LogP contribution < -0.4 is 11.1 Å². The number of nitrogens with one attached hydrogen (secondary N) is 1. The van der Waals surface area contributed by atoms with Gasteiger partial charge >= 0.3 is 6.03 Å². The summed E-state index contributed by atoms with van der Waals surface area (Å²) < 4.78 is 7.29. The number of hydrogen-bond acceptors (Lipinski definition) is 6. The molecule has 2 heterocycles. The first-order valence-electron chi connectivity index (χ1n) is 7.42. The van der Waals surface area contributed by atoms with Gasteiger partial charge in [0.25, 0.3) is 0 Å². The van der Waals surface area contributed by atoms with Crippen LogP contribution in [0.15, 0.2) is 58.3 Å². The van der Waals surface area contributed by atoms with Crippen molar-refractivity contribution in [1.29, 1.82) is 0 Å². The Labute approximate surface area is 147 Å². The predicted molar refractivity (Wildman–Crippen MR) is 92.1 cm³/mol. The minimum Gasteiger partial charge on any atom is -0.461 e. The number of primary amides is 1. The van der Waals surface area contributed by atoms with E-state index >= 15 is 0 Å². The van der Waals surface area contributed by atoms with E-state index in [9.17, 15) is 9.59 Å². The highest BCUT2D eigenvalue weighted by Gasteiger charge is 2.18. The van der Waals surface area contributed by atoms with E-state index < -0.39 is 11.9 Å². The number of thioether (sulfide) groups is 1. The third kappa shape index (κ3) is 4.07. The third-order valence-corrected chi connectivity index (χ3v) is 4.14. The Hall–Kier alpha value is -3.07. The molecule has 0 spiro atoms. The van der Waals surface area contributed by atoms with Gasteiger partial charge in [-0.3, -0.25) is 14.7 Å². The number of aromatic nitrogens is 3. The summed E-state index contributed by atoms with van der Waals surface area (Å²) >= 11 is 1.35. The zero-order chi connectivity index (χ0) is 17.6. The molecule has 0 fully saturated rings. The third-order valence-electron chi connectivity index (χ3n) is 3.21. The number of nitrogens with zero attached hydrogens (tertiary/aromatic N) is 3. The van der Waals surface area contributed by atoms with Crippen molar-refractivity contribution < 1.29 is 14.0 Å². The van der Waals surface area contributed by atoms with Crippen LogP contribution in [-0.4, -0.2) is 32.5 Å². The summed E-state index contributed by atoms with van der Waals surface area (Å²) in [7, 11) is 0. The van der Waals surface area contributed by atoms with Crippen LogP contribution in [0.5, 0.6) is 0 Å². The SMILES string of the molecule is NC(=O)NC(=O)CCSc1nnc(-c2ccco2)n1-c1ccccc1. The molecule has 0 aliphatic rings. The van der Waals surface area contributed by atoms with E-state index in [0.717, 1.165) is 5.69 Å². The second kappa shape index (κ2) is 7.67. The lowest BCUT2D eigenvalue weighted by molar-refractivity contribution is -0.119. The van der Waals surface area contributed by atoms with Gasteiger partial charge in [0.05, 0.1) is 6.26 Å². The first-order valence-corrected chi connectivity index (χ1v) is 8.40. The lowest BCUT2D eigenvalue weighted by Gasteiger charge is -2.08. The number of rotatable bonds is 6. The lowest BCUT2D eigenvalue weighted by Crippen LogP contribution is -2.35. The molecule has 0 bridgehead atoms. The fourth-order valence-corrected chi connectivity index (χ4v) is 3.06. The standard InChI is InChI=1S/C16H15N5O3S/c17-15(23)18-13(22)8-10-25-16-20-19-14(12-7-4-9-24-12)21(16)11-5-2-1-3-6-11/h1-7,9H,8,10H2,(H3,17,18,22,23). The Balaban J connectivity index is 1.82. The van der Waals surface area contributed by atoms with Crippen LogP contribution in [0.3, 0.4) is 0 Å². The first kappa shape index (κ1) is 16.8. The lowest BCUT2D eigenvalue weighted by atomic mass is 10.3. The van der Waals surface area contributed by atoms with Gasteiger partial charge in [-0.05, 0) is 24.3 Å². The fraction of sp³-hybridized carbons (Fsp3) is 0.125. The van der Waals surface area contributed by atoms with Crippen LogP contribution in [0.2, 0.25) is 0 Å². The van der Waals surface area contributed by atoms with Crippen molar-refractivity contribution in [1.82, 2.24) is 20.1 Å². The van der Waals surface area contributed by atoms with Crippen molar-refractivity contribution in [3.63, 3.8) is 0 Å². The molecule has 128 valence electrons. The number of amides is 3. The molecule has 0 aliphatic carbocycles. The smallest absolute Gasteiger partial charge is 0.318 e. The number of hydrogen-bond donors (Lipinski definition) is 2. The van der Waals surface area contributed by atoms with Crippen molar-refractivity contribution in [3.05, 3.63) is 48.7 Å². The van der Waals surface area contributed by atoms with E-state index in [0.29, 0.717) is 22.5 Å². The maximum atomic E-state index is 11.5. The van der Waals surface area contributed by atoms with Crippen molar-refractivity contribution in [2.45, 2.75) is 11.6 Å². The molecule has 2 aromatic heterocycles. The average Bonchev–Trinajstić information content (AvgIpc) is 3.24. The predicted octanol–water partition coefficient (Wildman–Crippen LogP) is 2.20. The molecule has 9 heteroatoms. The first-order chi connectivity index (χ1) is 12.1. The van der Waals surface area contributed by atoms with Crippen molar-refractivity contribution in [3.8, 4) is 17.3 Å². The van der Waals surface area contributed by atoms with E-state index in [2.05, 4.69) is 10.2 Å². The van der Waals surface area contributed by atoms with Gasteiger partial charge < -0.3 is 10.2 Å². The summed E-state index contributed by atoms with van der Waals surface area (Å²) in [4.78, 5) is 22.2. The second-order valence-corrected chi connectivity index (χ2v) is 6.03. The maximum absolute atomic E-state index is 11.5. The van der Waals surface area contributed by atoms with Gasteiger partial charge in [0.1, 0.15) is 0 Å². The molecule has 3 amide bonds. The Bertz CT molecular complexity index is 861. The molecule has 0 unspecified atom stereocenters. The molecule has 3 rings (SSSR count). The summed E-state index contributed by atoms with van der Waals surface area (Å²) in [6, 6.07) is 12.3. The summed E-state index contributed by atoms with van der Waals surface area (Å²) in [5.74, 6) is 1.15. The van der Waals surface area contributed by atoms with Crippen LogP contribution >= 0.6 is 11.8 Å². The van der Waals surface area contributed by atoms with Crippen molar-refractivity contribution in [2.24, 2.45) is 5.73 Å². The summed E-state index contributed by atoms with van der Waals surface area (Å²) in [6.07, 6.45) is 1.70. The van der Waals surface area contributed by atoms with Gasteiger partial charge in [0.2, 0.25) is 11.7 Å². The van der Waals surface area contributed by atoms with Crippen molar-refractivity contribution in [2.75, 3.05) is 5.75 Å². The molecular weight excluding hydrogens is 342 g/mol. The van der Waals surface area contributed by atoms with E-state index in [4.69, 9.17) is 10.2 Å². The molecule has 0 atom stereocenters. The molecular formula is C16H15N5O3S. The van der Waals surface area contributed by atoms with Crippen LogP contribution in [0.25, 0.3) is 17.3 Å². The number of furan rings is 1. The van der Waals surface area contributed by atoms with E-state index in [1.807, 2.05) is 40.2 Å². The number of carbonyl (C=O) groups is 2. The zero-order valence-electron chi connectivity index (χ0n) is 13.1. The fourth-order valence-electron chi connectivity index (χ4n) is 2.17. The average molecular weight is 357 g/mol. The molecule has 0 radical (unpaired) electrons. The normalized spacial score (nSPS) is 10.6. The molecule has 3 N–H and O–H groups in total. The Kier molecular flexibility index (Phi) is 5.14. The second-order valence-electron chi connectivity index (χ2n) is 4.97. The summed E-state index contributed by atoms with van der Waals surface area (Å²) in [5.41, 5.74) is 5.80. The van der Waals surface area contributed by atoms with Gasteiger partial charge in [-0.2, -0.15) is 0 Å². The van der Waals surface area contributed by atoms with Gasteiger partial charge in [-0.25, -0.2) is 4.79 Å². The molecule has 25 heavy (non-hydrogen) atoms. The Morgan fingerprint density at radius 3 is 2.64 bits per heavy atom. The molecule has 0 saturated heterocycles. The van der Waals surface area contributed by atoms with Crippen LogP contribution in [-0.2, 0) is 4.79 Å². The zero-order valence-corrected chi connectivity index (χ0v) is 13.9. The number of imide groups is 1. The van der Waals surface area contributed by atoms with E-state index in [1.165, 1.54) is 11.8 Å². The minimum absolute atomic E-state index is 0.130. The quantitative estimate of drug-likeness (QED) is 0.653. The molecule has 3 aromatic rings. The van der Waals surface area contributed by atoms with E-state index in [1.54, 1.807) is 18.4 Å². The van der Waals surface area contributed by atoms with Crippen LogP contribution in [0, 0.1) is 0 Å². The van der Waals surface area contributed by atoms with Crippen LogP contribution in [0.1, 0.15) is 6.42 Å². The number of carbonyl (C=O) groups excluding carboxylic acids is 2. The number of benzene rings is 1. The number of para-hydroxylation sites is 1. The van der Waals surface area contributed by atoms with Gasteiger partial charge in [-0.1, -0.05) is 30.0 Å². The highest BCUT2D eigenvalue weighted by molar-refractivity contribution is 7.99. The molecule has 1 aromatic carbocycles. The molecule has 0 aliphatic heterocycles. The topological polar surface area (TPSA) is 116 Å². The maximum Gasteiger partial charge on any atom is 0.318 e. The summed E-state index contributed by atoms with van der Waals surface area (Å²) in [5, 5.41) is 11.1. The molecule has 0 saturated carbocycles. The summed E-state index contributed by atoms with van der Waals surface area (Å²) in [6.45, 7) is 0. The van der Waals surface area contributed by atoms with Crippen LogP contribution in [0.4, 0.5) is 4.79 Å².